The largest absolute Gasteiger partial charge is 0.472 e. The summed E-state index contributed by atoms with van der Waals surface area (Å²) in [6, 6.07) is 0. The highest BCUT2D eigenvalue weighted by atomic mass is 31.2. The minimum Gasteiger partial charge on any atom is -0.462 e. The summed E-state index contributed by atoms with van der Waals surface area (Å²) < 4.78 is 69.1. The highest BCUT2D eigenvalue weighted by molar-refractivity contribution is 7.47. The topological polar surface area (TPSA) is 237 Å². The average Bonchev–Trinajstić information content (AvgIpc) is 0.902. The molecule has 0 aromatic heterocycles. The third kappa shape index (κ3) is 84.3. The van der Waals surface area contributed by atoms with Gasteiger partial charge in [-0.3, -0.25) is 37.3 Å². The Morgan fingerprint density at radius 2 is 0.432 bits per heavy atom. The molecule has 0 fully saturated rings. The fourth-order valence-corrected chi connectivity index (χ4v) is 16.1. The molecule has 17 nitrogen and oxygen atoms in total. The van der Waals surface area contributed by atoms with Crippen molar-refractivity contribution in [1.82, 2.24) is 0 Å². The molecule has 6 atom stereocenters. The maximum Gasteiger partial charge on any atom is 0.472 e. The fourth-order valence-electron chi connectivity index (χ4n) is 14.5. The molecule has 0 bridgehead atoms. The van der Waals surface area contributed by atoms with Crippen LogP contribution in [-0.2, 0) is 65.4 Å². The maximum atomic E-state index is 13.2. The molecule has 0 spiro atoms. The van der Waals surface area contributed by atoms with Crippen LogP contribution < -0.4 is 0 Å². The highest BCUT2D eigenvalue weighted by Gasteiger charge is 2.31. The lowest BCUT2D eigenvalue weighted by atomic mass is 9.99. The zero-order chi connectivity index (χ0) is 81.1. The third-order valence-corrected chi connectivity index (χ3v) is 24.0. The highest BCUT2D eigenvalue weighted by Crippen LogP contribution is 2.45. The van der Waals surface area contributed by atoms with Gasteiger partial charge in [-0.25, -0.2) is 9.13 Å². The molecule has 0 aliphatic rings. The smallest absolute Gasteiger partial charge is 0.462 e. The van der Waals surface area contributed by atoms with Gasteiger partial charge in [0.25, 0.3) is 0 Å². The van der Waals surface area contributed by atoms with Gasteiger partial charge in [-0.15, -0.1) is 0 Å². The lowest BCUT2D eigenvalue weighted by Gasteiger charge is -2.21. The predicted octanol–water partition coefficient (Wildman–Crippen LogP) is 28.7. The first-order chi connectivity index (χ1) is 54.1. The van der Waals surface area contributed by atoms with E-state index in [1.807, 2.05) is 0 Å². The molecule has 3 N–H and O–H groups in total. The van der Waals surface area contributed by atoms with Crippen LogP contribution in [-0.4, -0.2) is 96.7 Å². The number of aliphatic hydroxyl groups is 1. The monoisotopic (exact) mass is 1620 g/mol. The molecule has 0 saturated heterocycles. The van der Waals surface area contributed by atoms with Gasteiger partial charge in [0.05, 0.1) is 26.4 Å². The molecule has 111 heavy (non-hydrogen) atoms. The van der Waals surface area contributed by atoms with Gasteiger partial charge in [-0.1, -0.05) is 452 Å². The van der Waals surface area contributed by atoms with E-state index >= 15 is 0 Å². The van der Waals surface area contributed by atoms with Crippen molar-refractivity contribution in [2.24, 2.45) is 5.92 Å². The van der Waals surface area contributed by atoms with E-state index in [0.717, 1.165) is 95.8 Å². The van der Waals surface area contributed by atoms with Gasteiger partial charge in [-0.05, 0) is 31.6 Å². The van der Waals surface area contributed by atoms with E-state index in [9.17, 15) is 43.2 Å². The summed E-state index contributed by atoms with van der Waals surface area (Å²) in [6.45, 7) is 7.46. The molecule has 0 saturated carbocycles. The number of unbranched alkanes of at least 4 members (excludes halogenated alkanes) is 63. The molecule has 19 heteroatoms. The molecular formula is C92H180O17P2. The lowest BCUT2D eigenvalue weighted by Crippen LogP contribution is -2.30. The van der Waals surface area contributed by atoms with Crippen LogP contribution in [0.1, 0.15) is 503 Å². The van der Waals surface area contributed by atoms with E-state index in [2.05, 4.69) is 34.6 Å². The SMILES string of the molecule is CCCCCCCCCCCCCCCCCCCCCCC(=O)OC[C@H](COP(=O)(O)OC[C@@H](O)COP(=O)(O)OC[C@@H](COC(=O)CCCCCCCCCCCCCCC)OC(=O)CCCCCCCCCCCCCCCCC(C)CC)OC(=O)CCCCCCCCCCCCCCCCCCCCCC. The number of rotatable bonds is 92. The van der Waals surface area contributed by atoms with E-state index in [0.29, 0.717) is 25.7 Å². The first kappa shape index (κ1) is 109. The first-order valence-corrected chi connectivity index (χ1v) is 50.7. The van der Waals surface area contributed by atoms with Crippen molar-refractivity contribution >= 4 is 39.5 Å². The van der Waals surface area contributed by atoms with Gasteiger partial charge in [0.1, 0.15) is 19.3 Å². The van der Waals surface area contributed by atoms with Crippen LogP contribution in [0.25, 0.3) is 0 Å². The normalized spacial score (nSPS) is 13.9. The van der Waals surface area contributed by atoms with Crippen molar-refractivity contribution < 1.29 is 80.2 Å². The van der Waals surface area contributed by atoms with E-state index in [-0.39, 0.29) is 25.7 Å². The molecule has 660 valence electrons. The molecular weight excluding hydrogens is 1440 g/mol. The molecule has 0 aromatic rings. The summed E-state index contributed by atoms with van der Waals surface area (Å²) in [7, 11) is -9.94. The second-order valence-electron chi connectivity index (χ2n) is 33.3. The van der Waals surface area contributed by atoms with E-state index in [1.54, 1.807) is 0 Å². The van der Waals surface area contributed by atoms with Crippen molar-refractivity contribution in [3.05, 3.63) is 0 Å². The Bertz CT molecular complexity index is 2100. The van der Waals surface area contributed by atoms with E-state index in [1.165, 1.54) is 327 Å². The van der Waals surface area contributed by atoms with Gasteiger partial charge in [0, 0.05) is 25.7 Å². The Labute approximate surface area is 683 Å². The number of phosphoric acid groups is 2. The Morgan fingerprint density at radius 1 is 0.252 bits per heavy atom. The molecule has 0 aliphatic carbocycles. The molecule has 0 amide bonds. The minimum atomic E-state index is -4.97. The van der Waals surface area contributed by atoms with Gasteiger partial charge < -0.3 is 33.8 Å². The van der Waals surface area contributed by atoms with Crippen LogP contribution in [0, 0.1) is 5.92 Å². The van der Waals surface area contributed by atoms with Crippen LogP contribution in [0.4, 0.5) is 0 Å². The molecule has 0 aliphatic heterocycles. The average molecular weight is 1620 g/mol. The van der Waals surface area contributed by atoms with Crippen LogP contribution in [0.2, 0.25) is 0 Å². The lowest BCUT2D eigenvalue weighted by molar-refractivity contribution is -0.161. The Morgan fingerprint density at radius 3 is 0.640 bits per heavy atom. The predicted molar refractivity (Wildman–Crippen MR) is 460 cm³/mol. The summed E-state index contributed by atoms with van der Waals surface area (Å²) in [6.07, 6.45) is 80.5. The Hall–Kier alpha value is -1.94. The van der Waals surface area contributed by atoms with Crippen molar-refractivity contribution in [3.8, 4) is 0 Å². The Balaban J connectivity index is 5.26. The summed E-state index contributed by atoms with van der Waals surface area (Å²) >= 11 is 0. The zero-order valence-electron chi connectivity index (χ0n) is 73.1. The number of hydrogen-bond acceptors (Lipinski definition) is 15. The first-order valence-electron chi connectivity index (χ1n) is 47.7. The molecule has 0 heterocycles. The van der Waals surface area contributed by atoms with Crippen LogP contribution in [0.5, 0.6) is 0 Å². The van der Waals surface area contributed by atoms with Crippen molar-refractivity contribution in [3.63, 3.8) is 0 Å². The minimum absolute atomic E-state index is 0.109. The number of ether oxygens (including phenoxy) is 4. The molecule has 3 unspecified atom stereocenters. The van der Waals surface area contributed by atoms with E-state index < -0.39 is 97.5 Å². The Kier molecular flexibility index (Phi) is 83.0. The van der Waals surface area contributed by atoms with E-state index in [4.69, 9.17) is 37.0 Å². The van der Waals surface area contributed by atoms with Gasteiger partial charge in [0.2, 0.25) is 0 Å². The molecule has 0 radical (unpaired) electrons. The number of aliphatic hydroxyl groups excluding tert-OH is 1. The number of phosphoric ester groups is 2. The second kappa shape index (κ2) is 84.5. The number of carbonyl (C=O) groups is 4. The van der Waals surface area contributed by atoms with Crippen molar-refractivity contribution in [2.75, 3.05) is 39.6 Å². The number of esters is 4. The van der Waals surface area contributed by atoms with Gasteiger partial charge >= 0.3 is 39.5 Å². The van der Waals surface area contributed by atoms with Crippen molar-refractivity contribution in [2.45, 2.75) is 522 Å². The summed E-state index contributed by atoms with van der Waals surface area (Å²) in [5.41, 5.74) is 0. The van der Waals surface area contributed by atoms with Crippen LogP contribution in [0.3, 0.4) is 0 Å². The molecule has 0 aromatic carbocycles. The zero-order valence-corrected chi connectivity index (χ0v) is 74.9. The van der Waals surface area contributed by atoms with Crippen molar-refractivity contribution in [1.29, 1.82) is 0 Å². The third-order valence-electron chi connectivity index (χ3n) is 22.1. The van der Waals surface area contributed by atoms with Gasteiger partial charge in [0.15, 0.2) is 12.2 Å². The second-order valence-corrected chi connectivity index (χ2v) is 36.2. The summed E-state index contributed by atoms with van der Waals surface area (Å²) in [5, 5.41) is 10.7. The number of carbonyl (C=O) groups excluding carboxylic acids is 4. The van der Waals surface area contributed by atoms with Gasteiger partial charge in [-0.2, -0.15) is 0 Å². The van der Waals surface area contributed by atoms with Crippen LogP contribution in [0.15, 0.2) is 0 Å². The molecule has 0 rings (SSSR count). The quantitative estimate of drug-likeness (QED) is 0.0222. The summed E-state index contributed by atoms with van der Waals surface area (Å²) in [5.74, 6) is -1.24. The van der Waals surface area contributed by atoms with Crippen LogP contribution >= 0.6 is 15.6 Å². The standard InChI is InChI=1S/C92H180O17P2/c1-6-10-13-16-19-22-25-28-30-32-34-36-38-40-46-51-56-61-66-71-76-90(95)103-82-88(108-91(96)77-72-67-62-57-52-47-41-39-37-35-33-31-29-26-23-20-17-14-11-7-2)84-107-111(100,101)105-80-86(93)79-104-110(98,99)106-83-87(81-102-89(94)75-70-65-60-55-50-44-27-24-21-18-15-12-8-3)109-92(97)78-73-68-63-58-53-48-43-42-45-49-54-59-64-69-74-85(5)9-4/h85-88,93H,6-84H2,1-5H3,(H,98,99)(H,100,101)/t85?,86-,87+,88+/m0/s1. The summed E-state index contributed by atoms with van der Waals surface area (Å²) in [4.78, 5) is 73.5. The maximum absolute atomic E-state index is 13.2. The fraction of sp³-hybridized carbons (Fsp3) is 0.957. The number of hydrogen-bond donors (Lipinski definition) is 3.